The molecule has 0 aliphatic carbocycles. The third-order valence-electron chi connectivity index (χ3n) is 6.24. The van der Waals surface area contributed by atoms with Crippen molar-refractivity contribution in [3.63, 3.8) is 0 Å². The van der Waals surface area contributed by atoms with Gasteiger partial charge in [0.15, 0.2) is 0 Å². The van der Waals surface area contributed by atoms with Gasteiger partial charge in [0.05, 0.1) is 19.4 Å². The molecule has 5 nitrogen and oxygen atoms in total. The number of aryl methyl sites for hydroxylation is 1. The van der Waals surface area contributed by atoms with Gasteiger partial charge in [0.1, 0.15) is 5.75 Å². The lowest BCUT2D eigenvalue weighted by Gasteiger charge is -2.24. The van der Waals surface area contributed by atoms with Crippen LogP contribution in [0.4, 0.5) is 0 Å². The zero-order chi connectivity index (χ0) is 23.2. The average molecular weight is 443 g/mol. The summed E-state index contributed by atoms with van der Waals surface area (Å²) in [5.74, 6) is 0.430. The maximum absolute atomic E-state index is 13.1. The molecule has 1 fully saturated rings. The Morgan fingerprint density at radius 1 is 1.06 bits per heavy atom. The molecule has 0 unspecified atom stereocenters. The molecule has 4 rings (SSSR count). The highest BCUT2D eigenvalue weighted by Crippen LogP contribution is 2.25. The average Bonchev–Trinajstić information content (AvgIpc) is 3.01. The first-order chi connectivity index (χ1) is 16.0. The largest absolute Gasteiger partial charge is 0.496 e. The van der Waals surface area contributed by atoms with E-state index in [-0.39, 0.29) is 24.2 Å². The fraction of sp³-hybridized carbons (Fsp3) is 0.286. The Morgan fingerprint density at radius 2 is 1.85 bits per heavy atom. The molecular formula is C28H30N2O3. The number of carbonyl (C=O) groups excluding carboxylic acids is 2. The summed E-state index contributed by atoms with van der Waals surface area (Å²) in [4.78, 5) is 27.7. The van der Waals surface area contributed by atoms with Crippen LogP contribution in [0.2, 0.25) is 0 Å². The lowest BCUT2D eigenvalue weighted by molar-refractivity contribution is -0.131. The zero-order valence-corrected chi connectivity index (χ0v) is 19.2. The second-order valence-corrected chi connectivity index (χ2v) is 8.54. The summed E-state index contributed by atoms with van der Waals surface area (Å²) < 4.78 is 5.39. The number of carbonyl (C=O) groups is 2. The second kappa shape index (κ2) is 10.3. The Balaban J connectivity index is 1.49. The molecule has 1 N–H and O–H groups in total. The molecule has 3 aromatic carbocycles. The van der Waals surface area contributed by atoms with Crippen LogP contribution >= 0.6 is 0 Å². The van der Waals surface area contributed by atoms with Gasteiger partial charge in [-0.1, -0.05) is 66.7 Å². The molecule has 0 spiro atoms. The highest BCUT2D eigenvalue weighted by molar-refractivity contribution is 5.83. The van der Waals surface area contributed by atoms with Gasteiger partial charge in [0, 0.05) is 25.2 Å². The van der Waals surface area contributed by atoms with E-state index in [2.05, 4.69) is 42.6 Å². The van der Waals surface area contributed by atoms with Crippen LogP contribution in [0.1, 0.15) is 16.7 Å². The fourth-order valence-corrected chi connectivity index (χ4v) is 4.45. The molecule has 0 bridgehead atoms. The van der Waals surface area contributed by atoms with E-state index in [4.69, 9.17) is 4.74 Å². The molecule has 5 heteroatoms. The first-order valence-electron chi connectivity index (χ1n) is 11.4. The Kier molecular flexibility index (Phi) is 7.08. The van der Waals surface area contributed by atoms with Gasteiger partial charge in [-0.25, -0.2) is 0 Å². The molecular weight excluding hydrogens is 412 g/mol. The SMILES string of the molecule is COc1ccccc1CC(=O)N1CCNC(=O)[C@@H](Cc2cccc(-c3ccccc3C)c2)C1. The van der Waals surface area contributed by atoms with Crippen LogP contribution < -0.4 is 10.1 Å². The molecule has 1 atom stereocenters. The quantitative estimate of drug-likeness (QED) is 0.627. The van der Waals surface area contributed by atoms with Crippen molar-refractivity contribution in [3.8, 4) is 16.9 Å². The minimum absolute atomic E-state index is 0.00360. The summed E-state index contributed by atoms with van der Waals surface area (Å²) in [6.07, 6.45) is 0.845. The number of nitrogens with one attached hydrogen (secondary N) is 1. The predicted molar refractivity (Wildman–Crippen MR) is 130 cm³/mol. The van der Waals surface area contributed by atoms with E-state index in [9.17, 15) is 9.59 Å². The highest BCUT2D eigenvalue weighted by atomic mass is 16.5. The van der Waals surface area contributed by atoms with Gasteiger partial charge in [-0.3, -0.25) is 9.59 Å². The molecule has 33 heavy (non-hydrogen) atoms. The van der Waals surface area contributed by atoms with E-state index in [1.807, 2.05) is 42.5 Å². The summed E-state index contributed by atoms with van der Waals surface area (Å²) in [5.41, 5.74) is 5.50. The third kappa shape index (κ3) is 5.43. The Hall–Kier alpha value is -3.60. The number of ether oxygens (including phenoxy) is 1. The number of para-hydroxylation sites is 1. The molecule has 0 aromatic heterocycles. The number of rotatable bonds is 6. The van der Waals surface area contributed by atoms with E-state index in [0.29, 0.717) is 31.8 Å². The number of hydrogen-bond donors (Lipinski definition) is 1. The van der Waals surface area contributed by atoms with Gasteiger partial charge in [0.25, 0.3) is 0 Å². The van der Waals surface area contributed by atoms with Gasteiger partial charge in [0.2, 0.25) is 11.8 Å². The summed E-state index contributed by atoms with van der Waals surface area (Å²) in [5, 5.41) is 2.98. The maximum Gasteiger partial charge on any atom is 0.227 e. The van der Waals surface area contributed by atoms with Crippen LogP contribution in [-0.2, 0) is 22.4 Å². The fourth-order valence-electron chi connectivity index (χ4n) is 4.45. The predicted octanol–water partition coefficient (Wildman–Crippen LogP) is 4.03. The lowest BCUT2D eigenvalue weighted by Crippen LogP contribution is -2.38. The number of hydrogen-bond acceptors (Lipinski definition) is 3. The van der Waals surface area contributed by atoms with Crippen LogP contribution in [0.3, 0.4) is 0 Å². The standard InChI is InChI=1S/C28H30N2O3/c1-20-8-3-5-12-25(20)22-11-7-9-21(16-22)17-24-19-30(15-14-29-28(24)32)27(31)18-23-10-4-6-13-26(23)33-2/h3-13,16,24H,14-15,17-19H2,1-2H3,(H,29,32)/t24-/m0/s1. The van der Waals surface area contributed by atoms with Crippen molar-refractivity contribution in [1.29, 1.82) is 0 Å². The van der Waals surface area contributed by atoms with Gasteiger partial charge < -0.3 is 15.0 Å². The minimum Gasteiger partial charge on any atom is -0.496 e. The Labute approximate surface area is 195 Å². The molecule has 0 radical (unpaired) electrons. The van der Waals surface area contributed by atoms with Crippen molar-refractivity contribution in [2.45, 2.75) is 19.8 Å². The van der Waals surface area contributed by atoms with Crippen molar-refractivity contribution in [2.24, 2.45) is 5.92 Å². The van der Waals surface area contributed by atoms with Gasteiger partial charge in [-0.2, -0.15) is 0 Å². The lowest BCUT2D eigenvalue weighted by atomic mass is 9.94. The van der Waals surface area contributed by atoms with Crippen LogP contribution in [0.25, 0.3) is 11.1 Å². The molecule has 2 amide bonds. The van der Waals surface area contributed by atoms with Crippen molar-refractivity contribution < 1.29 is 14.3 Å². The second-order valence-electron chi connectivity index (χ2n) is 8.54. The van der Waals surface area contributed by atoms with Crippen molar-refractivity contribution in [2.75, 3.05) is 26.7 Å². The van der Waals surface area contributed by atoms with Crippen LogP contribution in [-0.4, -0.2) is 43.5 Å². The van der Waals surface area contributed by atoms with E-state index in [1.54, 1.807) is 12.0 Å². The minimum atomic E-state index is -0.291. The van der Waals surface area contributed by atoms with Crippen LogP contribution in [0.5, 0.6) is 5.75 Å². The van der Waals surface area contributed by atoms with E-state index < -0.39 is 0 Å². The summed E-state index contributed by atoms with van der Waals surface area (Å²) in [6, 6.07) is 24.2. The molecule has 1 heterocycles. The van der Waals surface area contributed by atoms with Gasteiger partial charge in [-0.05, 0) is 41.7 Å². The van der Waals surface area contributed by atoms with Crippen molar-refractivity contribution >= 4 is 11.8 Å². The van der Waals surface area contributed by atoms with Crippen molar-refractivity contribution in [3.05, 3.63) is 89.5 Å². The number of amides is 2. The number of benzene rings is 3. The Bertz CT molecular complexity index is 1140. The summed E-state index contributed by atoms with van der Waals surface area (Å²) >= 11 is 0. The van der Waals surface area contributed by atoms with Gasteiger partial charge in [-0.15, -0.1) is 0 Å². The number of nitrogens with zero attached hydrogens (tertiary/aromatic N) is 1. The van der Waals surface area contributed by atoms with E-state index in [0.717, 1.165) is 16.7 Å². The summed E-state index contributed by atoms with van der Waals surface area (Å²) in [6.45, 7) is 3.50. The highest BCUT2D eigenvalue weighted by Gasteiger charge is 2.28. The topological polar surface area (TPSA) is 58.6 Å². The van der Waals surface area contributed by atoms with E-state index in [1.165, 1.54) is 11.1 Å². The maximum atomic E-state index is 13.1. The number of methoxy groups -OCH3 is 1. The molecule has 170 valence electrons. The first kappa shape index (κ1) is 22.6. The first-order valence-corrected chi connectivity index (χ1v) is 11.4. The molecule has 1 saturated heterocycles. The molecule has 1 aliphatic heterocycles. The van der Waals surface area contributed by atoms with Crippen LogP contribution in [0.15, 0.2) is 72.8 Å². The molecule has 1 aliphatic rings. The van der Waals surface area contributed by atoms with Crippen molar-refractivity contribution in [1.82, 2.24) is 10.2 Å². The van der Waals surface area contributed by atoms with Crippen LogP contribution in [0, 0.1) is 12.8 Å². The third-order valence-corrected chi connectivity index (χ3v) is 6.24. The van der Waals surface area contributed by atoms with E-state index >= 15 is 0 Å². The molecule has 3 aromatic rings. The molecule has 0 saturated carbocycles. The monoisotopic (exact) mass is 442 g/mol. The van der Waals surface area contributed by atoms with Gasteiger partial charge >= 0.3 is 0 Å². The smallest absolute Gasteiger partial charge is 0.227 e. The zero-order valence-electron chi connectivity index (χ0n) is 19.2. The summed E-state index contributed by atoms with van der Waals surface area (Å²) in [7, 11) is 1.61. The Morgan fingerprint density at radius 3 is 2.67 bits per heavy atom. The normalized spacial score (nSPS) is 16.1.